The molecule has 5 aromatic rings. The van der Waals surface area contributed by atoms with Gasteiger partial charge in [0.25, 0.3) is 0 Å². The van der Waals surface area contributed by atoms with Crippen LogP contribution >= 0.6 is 34.4 Å². The van der Waals surface area contributed by atoms with E-state index in [1.165, 1.54) is 32.7 Å². The molecule has 3 aromatic heterocycles. The van der Waals surface area contributed by atoms with Crippen molar-refractivity contribution in [2.75, 3.05) is 0 Å². The number of aromatic nitrogens is 4. The number of hydrogen-bond donors (Lipinski definition) is 0. The van der Waals surface area contributed by atoms with E-state index in [4.69, 9.17) is 4.98 Å². The lowest BCUT2D eigenvalue weighted by Crippen LogP contribution is -2.01. The number of thioether (sulfide) groups is 1. The van der Waals surface area contributed by atoms with Crippen LogP contribution in [0.5, 0.6) is 0 Å². The first-order valence-electron chi connectivity index (χ1n) is 11.4. The highest BCUT2D eigenvalue weighted by molar-refractivity contribution is 7.98. The fourth-order valence-corrected chi connectivity index (χ4v) is 6.64. The summed E-state index contributed by atoms with van der Waals surface area (Å²) in [5, 5.41) is 15.5. The summed E-state index contributed by atoms with van der Waals surface area (Å²) in [5.74, 6) is 1.62. The maximum Gasteiger partial charge on any atom is 0.192 e. The third-order valence-corrected chi connectivity index (χ3v) is 8.60. The van der Waals surface area contributed by atoms with Crippen LogP contribution in [0.25, 0.3) is 33.1 Å². The minimum atomic E-state index is 0.651. The van der Waals surface area contributed by atoms with Crippen molar-refractivity contribution in [2.24, 2.45) is 0 Å². The number of rotatable bonds is 8. The Balaban J connectivity index is 1.42. The normalized spacial score (nSPS) is 11.2. The van der Waals surface area contributed by atoms with Crippen molar-refractivity contribution in [1.82, 2.24) is 19.7 Å². The fraction of sp³-hybridized carbons (Fsp3) is 0.179. The summed E-state index contributed by atoms with van der Waals surface area (Å²) in [6.45, 7) is 11.0. The van der Waals surface area contributed by atoms with Crippen molar-refractivity contribution < 1.29 is 0 Å². The first-order valence-corrected chi connectivity index (χ1v) is 14.1. The molecule has 35 heavy (non-hydrogen) atoms. The smallest absolute Gasteiger partial charge is 0.192 e. The molecule has 0 aliphatic rings. The van der Waals surface area contributed by atoms with Gasteiger partial charge in [-0.05, 0) is 32.4 Å². The zero-order chi connectivity index (χ0) is 24.4. The second-order valence-electron chi connectivity index (χ2n) is 8.45. The van der Waals surface area contributed by atoms with E-state index >= 15 is 0 Å². The highest BCUT2D eigenvalue weighted by atomic mass is 32.2. The average Bonchev–Trinajstić information content (AvgIpc) is 3.57. The van der Waals surface area contributed by atoms with Crippen molar-refractivity contribution in [3.05, 3.63) is 93.6 Å². The Hall–Kier alpha value is -3.00. The number of nitrogens with zero attached hydrogens (tertiary/aromatic N) is 4. The predicted octanol–water partition coefficient (Wildman–Crippen LogP) is 8.20. The number of aryl methyl sites for hydroxylation is 3. The monoisotopic (exact) mass is 514 g/mol. The average molecular weight is 515 g/mol. The Morgan fingerprint density at radius 3 is 2.54 bits per heavy atom. The summed E-state index contributed by atoms with van der Waals surface area (Å²) in [4.78, 5) is 6.14. The number of hydrogen-bond acceptors (Lipinski definition) is 6. The molecule has 0 atom stereocenters. The van der Waals surface area contributed by atoms with Gasteiger partial charge in [-0.25, -0.2) is 4.98 Å². The molecule has 0 aliphatic heterocycles. The second kappa shape index (κ2) is 10.3. The highest BCUT2D eigenvalue weighted by Crippen LogP contribution is 2.39. The minimum Gasteiger partial charge on any atom is -0.298 e. The zero-order valence-electron chi connectivity index (χ0n) is 20.0. The Labute approximate surface area is 218 Å². The maximum absolute atomic E-state index is 4.86. The van der Waals surface area contributed by atoms with Gasteiger partial charge in [0.2, 0.25) is 0 Å². The lowest BCUT2D eigenvalue weighted by Gasteiger charge is -2.10. The molecule has 0 spiro atoms. The maximum atomic E-state index is 4.86. The van der Waals surface area contributed by atoms with E-state index in [1.807, 2.05) is 6.08 Å². The Morgan fingerprint density at radius 2 is 1.77 bits per heavy atom. The molecule has 0 saturated heterocycles. The first kappa shape index (κ1) is 23.7. The van der Waals surface area contributed by atoms with E-state index in [-0.39, 0.29) is 0 Å². The van der Waals surface area contributed by atoms with Gasteiger partial charge in [-0.3, -0.25) is 4.57 Å². The summed E-state index contributed by atoms with van der Waals surface area (Å²) < 4.78 is 2.16. The minimum absolute atomic E-state index is 0.651. The topological polar surface area (TPSA) is 43.6 Å². The standard InChI is InChI=1S/C28H26N4S3/c1-5-13-32-26(24-17-33-20(4)25(24)21-11-9-18(2)10-12-21)30-31-28(32)35-16-23-15-34-27(29-23)22-8-6-7-19(3)14-22/h5-12,14-15,17H,1,13,16H2,2-4H3. The Bertz CT molecular complexity index is 1470. The second-order valence-corrected chi connectivity index (χ2v) is 11.3. The molecule has 5 rings (SSSR count). The quantitative estimate of drug-likeness (QED) is 0.155. The van der Waals surface area contributed by atoms with E-state index in [9.17, 15) is 0 Å². The number of benzene rings is 2. The molecule has 3 heterocycles. The van der Waals surface area contributed by atoms with Crippen LogP contribution in [0.1, 0.15) is 21.7 Å². The highest BCUT2D eigenvalue weighted by Gasteiger charge is 2.20. The lowest BCUT2D eigenvalue weighted by molar-refractivity contribution is 0.731. The molecule has 176 valence electrons. The largest absolute Gasteiger partial charge is 0.298 e. The van der Waals surface area contributed by atoms with Gasteiger partial charge in [-0.2, -0.15) is 0 Å². The predicted molar refractivity (Wildman–Crippen MR) is 150 cm³/mol. The van der Waals surface area contributed by atoms with E-state index in [0.29, 0.717) is 6.54 Å². The third kappa shape index (κ3) is 5.03. The van der Waals surface area contributed by atoms with Gasteiger partial charge in [0.15, 0.2) is 11.0 Å². The van der Waals surface area contributed by atoms with Gasteiger partial charge in [-0.15, -0.1) is 39.4 Å². The fourth-order valence-electron chi connectivity index (χ4n) is 4.01. The van der Waals surface area contributed by atoms with Gasteiger partial charge in [0, 0.05) is 44.6 Å². The van der Waals surface area contributed by atoms with Crippen molar-refractivity contribution in [3.8, 4) is 33.1 Å². The van der Waals surface area contributed by atoms with Crippen molar-refractivity contribution >= 4 is 34.4 Å². The van der Waals surface area contributed by atoms with E-state index in [0.717, 1.165) is 33.0 Å². The van der Waals surface area contributed by atoms with Gasteiger partial charge in [0.05, 0.1) is 5.69 Å². The molecule has 7 heteroatoms. The summed E-state index contributed by atoms with van der Waals surface area (Å²) in [6.07, 6.45) is 1.90. The first-order chi connectivity index (χ1) is 17.0. The van der Waals surface area contributed by atoms with Gasteiger partial charge in [0.1, 0.15) is 5.01 Å². The van der Waals surface area contributed by atoms with Crippen LogP contribution < -0.4 is 0 Å². The van der Waals surface area contributed by atoms with Crippen LogP contribution in [0.3, 0.4) is 0 Å². The molecule has 4 nitrogen and oxygen atoms in total. The molecular weight excluding hydrogens is 489 g/mol. The number of allylic oxidation sites excluding steroid dienone is 1. The molecule has 0 unspecified atom stereocenters. The molecule has 0 amide bonds. The lowest BCUT2D eigenvalue weighted by atomic mass is 10.0. The summed E-state index contributed by atoms with van der Waals surface area (Å²) in [7, 11) is 0. The van der Waals surface area contributed by atoms with Crippen LogP contribution in [0, 0.1) is 20.8 Å². The van der Waals surface area contributed by atoms with Crippen LogP contribution in [-0.4, -0.2) is 19.7 Å². The molecule has 2 aromatic carbocycles. The Morgan fingerprint density at radius 1 is 0.943 bits per heavy atom. The molecular formula is C28H26N4S3. The molecule has 0 N–H and O–H groups in total. The van der Waals surface area contributed by atoms with Crippen LogP contribution in [0.2, 0.25) is 0 Å². The molecule has 0 bridgehead atoms. The van der Waals surface area contributed by atoms with Crippen molar-refractivity contribution in [1.29, 1.82) is 0 Å². The number of thiazole rings is 1. The van der Waals surface area contributed by atoms with E-state index in [2.05, 4.69) is 101 Å². The molecule has 0 aliphatic carbocycles. The SMILES string of the molecule is C=CCn1c(SCc2csc(-c3cccc(C)c3)n2)nnc1-c1csc(C)c1-c1ccc(C)cc1. The van der Waals surface area contributed by atoms with E-state index in [1.54, 1.807) is 34.4 Å². The van der Waals surface area contributed by atoms with Crippen LogP contribution in [-0.2, 0) is 12.3 Å². The van der Waals surface area contributed by atoms with Gasteiger partial charge in [-0.1, -0.05) is 71.4 Å². The van der Waals surface area contributed by atoms with Crippen LogP contribution in [0.15, 0.2) is 77.1 Å². The Kier molecular flexibility index (Phi) is 7.00. The molecule has 0 saturated carbocycles. The van der Waals surface area contributed by atoms with Gasteiger partial charge < -0.3 is 0 Å². The van der Waals surface area contributed by atoms with Crippen LogP contribution in [0.4, 0.5) is 0 Å². The summed E-state index contributed by atoms with van der Waals surface area (Å²) >= 11 is 5.10. The molecule has 0 fully saturated rings. The molecule has 0 radical (unpaired) electrons. The number of thiophene rings is 1. The van der Waals surface area contributed by atoms with Crippen molar-refractivity contribution in [3.63, 3.8) is 0 Å². The van der Waals surface area contributed by atoms with Gasteiger partial charge >= 0.3 is 0 Å². The summed E-state index contributed by atoms with van der Waals surface area (Å²) in [5.41, 5.74) is 8.27. The zero-order valence-corrected chi connectivity index (χ0v) is 22.4. The summed E-state index contributed by atoms with van der Waals surface area (Å²) in [6, 6.07) is 17.2. The van der Waals surface area contributed by atoms with Crippen molar-refractivity contribution in [2.45, 2.75) is 38.2 Å². The van der Waals surface area contributed by atoms with E-state index < -0.39 is 0 Å². The third-order valence-electron chi connectivity index (χ3n) is 5.75.